The van der Waals surface area contributed by atoms with Crippen LogP contribution < -0.4 is 11.1 Å². The number of hydrogen-bond donors (Lipinski definition) is 5. The van der Waals surface area contributed by atoms with Crippen molar-refractivity contribution in [3.05, 3.63) is 11.8 Å². The molecule has 282 valence electrons. The van der Waals surface area contributed by atoms with Gasteiger partial charge in [-0.3, -0.25) is 19.2 Å². The van der Waals surface area contributed by atoms with Gasteiger partial charge in [-0.2, -0.15) is 0 Å². The number of esters is 4. The Labute approximate surface area is 295 Å². The second-order valence-corrected chi connectivity index (χ2v) is 16.9. The summed E-state index contributed by atoms with van der Waals surface area (Å²) < 4.78 is 30.2. The maximum atomic E-state index is 13.2. The number of allylic oxidation sites excluding steroid dienone is 1. The first kappa shape index (κ1) is 36.3. The van der Waals surface area contributed by atoms with E-state index in [0.29, 0.717) is 6.42 Å². The van der Waals surface area contributed by atoms with Gasteiger partial charge in [0.15, 0.2) is 5.60 Å². The van der Waals surface area contributed by atoms with Crippen molar-refractivity contribution >= 4 is 29.8 Å². The van der Waals surface area contributed by atoms with Gasteiger partial charge < -0.3 is 50.1 Å². The summed E-state index contributed by atoms with van der Waals surface area (Å²) in [4.78, 5) is 65.2. The number of hydrogen-bond acceptors (Lipinski definition) is 14. The van der Waals surface area contributed by atoms with Crippen molar-refractivity contribution in [2.75, 3.05) is 6.54 Å². The van der Waals surface area contributed by atoms with Crippen LogP contribution in [0, 0.1) is 57.7 Å². The number of amides is 1. The van der Waals surface area contributed by atoms with E-state index in [2.05, 4.69) is 5.32 Å². The Morgan fingerprint density at radius 1 is 0.902 bits per heavy atom. The fourth-order valence-electron chi connectivity index (χ4n) is 12.6. The summed E-state index contributed by atoms with van der Waals surface area (Å²) >= 11 is 0. The van der Waals surface area contributed by atoms with Crippen LogP contribution in [0.4, 0.5) is 0 Å². The molecule has 2 saturated heterocycles. The molecule has 4 saturated carbocycles. The molecule has 51 heavy (non-hydrogen) atoms. The molecule has 19 atom stereocenters. The van der Waals surface area contributed by atoms with Crippen LogP contribution in [-0.4, -0.2) is 106 Å². The number of ether oxygens (including phenoxy) is 5. The fourth-order valence-corrected chi connectivity index (χ4v) is 12.6. The van der Waals surface area contributed by atoms with Gasteiger partial charge in [0.25, 0.3) is 0 Å². The number of nitrogens with two attached hydrogens (primary N) is 1. The first-order valence-corrected chi connectivity index (χ1v) is 17.9. The minimum Gasteiger partial charge on any atom is -0.459 e. The molecule has 0 aromatic carbocycles. The summed E-state index contributed by atoms with van der Waals surface area (Å²) in [5.74, 6) is -8.60. The van der Waals surface area contributed by atoms with E-state index >= 15 is 0 Å². The van der Waals surface area contributed by atoms with Crippen LogP contribution in [-0.2, 0) is 47.7 Å². The number of fused-ring (bicyclic) bond motifs is 10. The number of carbonyl (C=O) groups excluding carboxylic acids is 5. The second kappa shape index (κ2) is 11.4. The number of epoxide rings is 1. The maximum Gasteiger partial charge on any atom is 0.343 e. The Hall–Kier alpha value is -3.11. The Balaban J connectivity index is 1.51. The lowest BCUT2D eigenvalue weighted by Crippen LogP contribution is -2.77. The zero-order chi connectivity index (χ0) is 37.5. The molecule has 6 N–H and O–H groups in total. The largest absolute Gasteiger partial charge is 0.459 e. The molecule has 2 aliphatic heterocycles. The minimum atomic E-state index is -2.07. The molecule has 0 radical (unpaired) electrons. The first-order valence-electron chi connectivity index (χ1n) is 17.9. The predicted octanol–water partition coefficient (Wildman–Crippen LogP) is -0.284. The topological polar surface area (TPSA) is 234 Å². The normalized spacial score (nSPS) is 53.0. The Morgan fingerprint density at radius 2 is 1.51 bits per heavy atom. The van der Waals surface area contributed by atoms with Gasteiger partial charge >= 0.3 is 23.9 Å². The molecule has 0 bridgehead atoms. The molecule has 1 amide bonds. The Bertz CT molecular complexity index is 1600. The summed E-state index contributed by atoms with van der Waals surface area (Å²) in [5, 5.41) is 40.4. The van der Waals surface area contributed by atoms with Gasteiger partial charge in [-0.15, -0.1) is 0 Å². The van der Waals surface area contributed by atoms with Gasteiger partial charge in [-0.05, 0) is 50.0 Å². The van der Waals surface area contributed by atoms with Gasteiger partial charge in [0, 0.05) is 49.4 Å². The summed E-state index contributed by atoms with van der Waals surface area (Å²) in [6.45, 7) is 11.9. The molecule has 5 aliphatic carbocycles. The zero-order valence-electron chi connectivity index (χ0n) is 30.2. The summed E-state index contributed by atoms with van der Waals surface area (Å²) in [6.07, 6.45) is -4.91. The van der Waals surface area contributed by atoms with E-state index in [1.165, 1.54) is 27.7 Å². The van der Waals surface area contributed by atoms with Crippen LogP contribution in [0.3, 0.4) is 0 Å². The third-order valence-corrected chi connectivity index (χ3v) is 14.6. The third kappa shape index (κ3) is 4.56. The molecule has 15 heteroatoms. The molecule has 7 aliphatic rings. The van der Waals surface area contributed by atoms with Crippen molar-refractivity contribution in [3.63, 3.8) is 0 Å². The van der Waals surface area contributed by atoms with Crippen LogP contribution in [0.15, 0.2) is 11.8 Å². The van der Waals surface area contributed by atoms with Crippen LogP contribution in [0.25, 0.3) is 0 Å². The third-order valence-electron chi connectivity index (χ3n) is 14.6. The lowest BCUT2D eigenvalue weighted by molar-refractivity contribution is -0.285. The second-order valence-electron chi connectivity index (χ2n) is 16.9. The molecule has 15 nitrogen and oxygen atoms in total. The van der Waals surface area contributed by atoms with Crippen molar-refractivity contribution in [1.29, 1.82) is 0 Å². The van der Waals surface area contributed by atoms with Gasteiger partial charge in [-0.25, -0.2) is 4.79 Å². The summed E-state index contributed by atoms with van der Waals surface area (Å²) in [7, 11) is 0. The van der Waals surface area contributed by atoms with Crippen molar-refractivity contribution in [3.8, 4) is 0 Å². The highest BCUT2D eigenvalue weighted by Gasteiger charge is 2.83. The number of rotatable bonds is 5. The Morgan fingerprint density at radius 3 is 2.10 bits per heavy atom. The van der Waals surface area contributed by atoms with Crippen molar-refractivity contribution in [2.24, 2.45) is 63.4 Å². The van der Waals surface area contributed by atoms with Crippen molar-refractivity contribution < 1.29 is 63.0 Å². The van der Waals surface area contributed by atoms with Gasteiger partial charge in [0.05, 0.1) is 36.3 Å². The highest BCUT2D eigenvalue weighted by molar-refractivity contribution is 5.85. The highest BCUT2D eigenvalue weighted by Crippen LogP contribution is 2.75. The monoisotopic (exact) mass is 718 g/mol. The fraction of sp³-hybridized carbons (Fsp3) is 0.806. The van der Waals surface area contributed by atoms with E-state index in [1.807, 2.05) is 20.8 Å². The molecule has 2 heterocycles. The van der Waals surface area contributed by atoms with Gasteiger partial charge in [0.2, 0.25) is 5.91 Å². The summed E-state index contributed by atoms with van der Waals surface area (Å²) in [6, 6.07) is -0.973. The number of carbonyl (C=O) groups is 5. The lowest BCUT2D eigenvalue weighted by atomic mass is 9.40. The number of aliphatic hydroxyl groups excluding tert-OH is 2. The van der Waals surface area contributed by atoms with Crippen molar-refractivity contribution in [1.82, 2.24) is 5.32 Å². The van der Waals surface area contributed by atoms with E-state index in [9.17, 15) is 39.3 Å². The molecule has 0 unspecified atom stereocenters. The van der Waals surface area contributed by atoms with E-state index in [1.54, 1.807) is 13.0 Å². The molecule has 6 fully saturated rings. The highest BCUT2D eigenvalue weighted by atomic mass is 16.6. The van der Waals surface area contributed by atoms with Gasteiger partial charge in [0.1, 0.15) is 30.2 Å². The molecular formula is C36H50N2O13. The molecule has 7 rings (SSSR count). The van der Waals surface area contributed by atoms with Crippen LogP contribution in [0.5, 0.6) is 0 Å². The first-order chi connectivity index (χ1) is 23.7. The average molecular weight is 719 g/mol. The zero-order valence-corrected chi connectivity index (χ0v) is 30.2. The van der Waals surface area contributed by atoms with Gasteiger partial charge in [-0.1, -0.05) is 20.8 Å². The average Bonchev–Trinajstić information content (AvgIpc) is 3.72. The van der Waals surface area contributed by atoms with Crippen LogP contribution in [0.2, 0.25) is 0 Å². The van der Waals surface area contributed by atoms with E-state index < -0.39 is 136 Å². The quantitative estimate of drug-likeness (QED) is 0.140. The molecule has 0 aromatic heterocycles. The molecule has 0 aromatic rings. The van der Waals surface area contributed by atoms with E-state index in [4.69, 9.17) is 29.4 Å². The smallest absolute Gasteiger partial charge is 0.343 e. The minimum absolute atomic E-state index is 0.216. The lowest BCUT2D eigenvalue weighted by Gasteiger charge is -2.67. The van der Waals surface area contributed by atoms with Crippen LogP contribution >= 0.6 is 0 Å². The predicted molar refractivity (Wildman–Crippen MR) is 172 cm³/mol. The number of aliphatic hydroxyl groups is 3. The SMILES string of the molecule is CC(=O)O[C@H]1[C@H]2[C@@H]([C@@H](O)[C@@H](NC(=O)CN)[C@H]3C[C@@H]4O[C@@H]4[C@H](OC(C)=O)[C@]23C)[C@@H]2[C@@H](O)[C@@H]3[C@H]([C@H](C)C=C4OC(=O)[C@@](C)(O)[C@@]43C)[C@@]2(C)[C@H]1OC(C)=O. The Kier molecular flexibility index (Phi) is 8.14. The maximum absolute atomic E-state index is 13.2. The van der Waals surface area contributed by atoms with E-state index in [0.717, 1.165) is 0 Å². The number of nitrogens with one attached hydrogen (secondary N) is 1. The summed E-state index contributed by atoms with van der Waals surface area (Å²) in [5.41, 5.74) is -0.243. The molecular weight excluding hydrogens is 668 g/mol. The molecule has 0 spiro atoms. The van der Waals surface area contributed by atoms with Crippen molar-refractivity contribution in [2.45, 2.75) is 116 Å². The standard InChI is InChI=1S/C36H50N2O13/c1-12-9-18-35(7,36(8,46)32(45)51-18)24-21(12)34(6)22(27(24)44)20-23(29(47-13(2)39)31(34)49-15(4)41)33(5)16(25(26(20)43)38-19(42)11-37)10-17-28(50-17)30(33)48-14(3)40/h9,12,16-17,20-31,43-44,46H,10-11,37H2,1-8H3,(H,38,42)/t12-,16-,17+,20+,21+,22-,23-,24+,25+,26-,27-,28+,29+,30+,31+,33+,34-,35+,36-/m1/s1. The van der Waals surface area contributed by atoms with Crippen LogP contribution in [0.1, 0.15) is 61.8 Å². The van der Waals surface area contributed by atoms with E-state index in [-0.39, 0.29) is 18.4 Å².